The summed E-state index contributed by atoms with van der Waals surface area (Å²) >= 11 is 1.42. The van der Waals surface area contributed by atoms with Gasteiger partial charge in [-0.05, 0) is 38.0 Å². The van der Waals surface area contributed by atoms with Gasteiger partial charge in [0.25, 0.3) is 0 Å². The summed E-state index contributed by atoms with van der Waals surface area (Å²) in [6, 6.07) is 16.3. The summed E-state index contributed by atoms with van der Waals surface area (Å²) in [6.07, 6.45) is 0. The zero-order valence-corrected chi connectivity index (χ0v) is 15.2. The van der Waals surface area contributed by atoms with Crippen molar-refractivity contribution in [1.29, 1.82) is 5.26 Å². The molecule has 3 rings (SSSR count). The fraction of sp³-hybridized carbons (Fsp3) is 0.150. The first-order valence-electron chi connectivity index (χ1n) is 7.91. The van der Waals surface area contributed by atoms with Crippen molar-refractivity contribution in [3.05, 3.63) is 69.5 Å². The van der Waals surface area contributed by atoms with E-state index in [-0.39, 0.29) is 5.71 Å². The number of hydrogen-bond donors (Lipinski definition) is 1. The van der Waals surface area contributed by atoms with Crippen molar-refractivity contribution < 1.29 is 0 Å². The van der Waals surface area contributed by atoms with E-state index in [1.165, 1.54) is 22.5 Å². The molecular formula is C20H18N4S. The normalized spacial score (nSPS) is 11.2. The number of rotatable bonds is 4. The summed E-state index contributed by atoms with van der Waals surface area (Å²) < 4.78 is 0. The van der Waals surface area contributed by atoms with Gasteiger partial charge in [-0.25, -0.2) is 4.98 Å². The lowest BCUT2D eigenvalue weighted by Crippen LogP contribution is -2.02. The SMILES string of the molecule is Cc1ccc(-c2csc(/C(C#N)=N\Nc3cccc(C)c3C)n2)cc1. The zero-order chi connectivity index (χ0) is 17.8. The monoisotopic (exact) mass is 346 g/mol. The molecule has 3 aromatic rings. The molecule has 0 saturated heterocycles. The molecule has 2 aromatic carbocycles. The number of thiazole rings is 1. The predicted octanol–water partition coefficient (Wildman–Crippen LogP) is 5.08. The maximum absolute atomic E-state index is 9.44. The number of anilines is 1. The number of hydrogen-bond acceptors (Lipinski definition) is 5. The summed E-state index contributed by atoms with van der Waals surface area (Å²) in [4.78, 5) is 4.56. The van der Waals surface area contributed by atoms with E-state index in [2.05, 4.69) is 40.6 Å². The lowest BCUT2D eigenvalue weighted by Gasteiger charge is -2.07. The van der Waals surface area contributed by atoms with Gasteiger partial charge in [0.15, 0.2) is 10.7 Å². The van der Waals surface area contributed by atoms with Crippen LogP contribution in [0, 0.1) is 32.1 Å². The maximum Gasteiger partial charge on any atom is 0.196 e. The molecule has 5 heteroatoms. The van der Waals surface area contributed by atoms with Crippen LogP contribution in [0.1, 0.15) is 21.7 Å². The van der Waals surface area contributed by atoms with E-state index in [4.69, 9.17) is 0 Å². The van der Waals surface area contributed by atoms with Crippen LogP contribution in [0.4, 0.5) is 5.69 Å². The van der Waals surface area contributed by atoms with Gasteiger partial charge in [0.2, 0.25) is 0 Å². The van der Waals surface area contributed by atoms with Crippen LogP contribution in [0.2, 0.25) is 0 Å². The van der Waals surface area contributed by atoms with Gasteiger partial charge in [-0.3, -0.25) is 5.43 Å². The summed E-state index contributed by atoms with van der Waals surface area (Å²) in [7, 11) is 0. The highest BCUT2D eigenvalue weighted by atomic mass is 32.1. The largest absolute Gasteiger partial charge is 0.277 e. The minimum atomic E-state index is 0.282. The average Bonchev–Trinajstić information content (AvgIpc) is 3.09. The molecule has 0 radical (unpaired) electrons. The molecule has 0 amide bonds. The van der Waals surface area contributed by atoms with E-state index in [1.54, 1.807) is 0 Å². The number of nitriles is 1. The smallest absolute Gasteiger partial charge is 0.196 e. The van der Waals surface area contributed by atoms with Gasteiger partial charge in [-0.1, -0.05) is 42.0 Å². The van der Waals surface area contributed by atoms with Gasteiger partial charge in [-0.2, -0.15) is 10.4 Å². The fourth-order valence-electron chi connectivity index (χ4n) is 2.35. The molecule has 0 aliphatic carbocycles. The van der Waals surface area contributed by atoms with E-state index in [9.17, 15) is 5.26 Å². The topological polar surface area (TPSA) is 61.1 Å². The van der Waals surface area contributed by atoms with E-state index in [0.29, 0.717) is 5.01 Å². The van der Waals surface area contributed by atoms with Gasteiger partial charge in [0, 0.05) is 10.9 Å². The summed E-state index contributed by atoms with van der Waals surface area (Å²) in [5.74, 6) is 0. The van der Waals surface area contributed by atoms with E-state index >= 15 is 0 Å². The zero-order valence-electron chi connectivity index (χ0n) is 14.4. The number of nitrogens with zero attached hydrogens (tertiary/aromatic N) is 3. The minimum Gasteiger partial charge on any atom is -0.277 e. The molecule has 0 spiro atoms. The second-order valence-electron chi connectivity index (χ2n) is 5.84. The molecule has 0 bridgehead atoms. The third kappa shape index (κ3) is 3.76. The van der Waals surface area contributed by atoms with Crippen molar-refractivity contribution in [2.45, 2.75) is 20.8 Å². The second-order valence-corrected chi connectivity index (χ2v) is 6.69. The van der Waals surface area contributed by atoms with Gasteiger partial charge >= 0.3 is 0 Å². The predicted molar refractivity (Wildman–Crippen MR) is 104 cm³/mol. The summed E-state index contributed by atoms with van der Waals surface area (Å²) in [5, 5.41) is 16.3. The molecule has 1 aromatic heterocycles. The number of aromatic nitrogens is 1. The Kier molecular flexibility index (Phi) is 4.92. The Hall–Kier alpha value is -2.97. The highest BCUT2D eigenvalue weighted by Gasteiger charge is 2.11. The Morgan fingerprint density at radius 1 is 1.12 bits per heavy atom. The Morgan fingerprint density at radius 2 is 1.88 bits per heavy atom. The van der Waals surface area contributed by atoms with Gasteiger partial charge in [0.1, 0.15) is 6.07 Å². The molecule has 4 nitrogen and oxygen atoms in total. The van der Waals surface area contributed by atoms with Gasteiger partial charge in [0.05, 0.1) is 11.4 Å². The Labute approximate surface area is 151 Å². The summed E-state index contributed by atoms with van der Waals surface area (Å²) in [6.45, 7) is 6.12. The van der Waals surface area contributed by atoms with Crippen molar-refractivity contribution in [2.75, 3.05) is 5.43 Å². The van der Waals surface area contributed by atoms with Crippen molar-refractivity contribution in [3.8, 4) is 17.3 Å². The minimum absolute atomic E-state index is 0.282. The second kappa shape index (κ2) is 7.29. The van der Waals surface area contributed by atoms with Crippen LogP contribution < -0.4 is 5.43 Å². The highest BCUT2D eigenvalue weighted by molar-refractivity contribution is 7.12. The average molecular weight is 346 g/mol. The Balaban J connectivity index is 1.85. The quantitative estimate of drug-likeness (QED) is 0.529. The van der Waals surface area contributed by atoms with Gasteiger partial charge in [-0.15, -0.1) is 11.3 Å². The van der Waals surface area contributed by atoms with Crippen LogP contribution in [0.3, 0.4) is 0 Å². The van der Waals surface area contributed by atoms with Crippen molar-refractivity contribution in [2.24, 2.45) is 5.10 Å². The van der Waals surface area contributed by atoms with Crippen LogP contribution in [0.25, 0.3) is 11.3 Å². The lowest BCUT2D eigenvalue weighted by atomic mass is 10.1. The van der Waals surface area contributed by atoms with Crippen LogP contribution in [-0.4, -0.2) is 10.7 Å². The van der Waals surface area contributed by atoms with Crippen LogP contribution in [0.5, 0.6) is 0 Å². The molecule has 0 unspecified atom stereocenters. The van der Waals surface area contributed by atoms with E-state index in [1.807, 2.05) is 49.6 Å². The molecule has 0 fully saturated rings. The number of nitrogens with one attached hydrogen (secondary N) is 1. The third-order valence-electron chi connectivity index (χ3n) is 4.05. The molecule has 0 saturated carbocycles. The molecule has 1 N–H and O–H groups in total. The molecule has 0 aliphatic rings. The first kappa shape index (κ1) is 16.9. The molecular weight excluding hydrogens is 328 g/mol. The molecule has 0 aliphatic heterocycles. The Morgan fingerprint density at radius 3 is 2.60 bits per heavy atom. The number of aryl methyl sites for hydroxylation is 2. The standard InChI is InChI=1S/C20H18N4S/c1-13-7-9-16(10-8-13)19-12-25-20(22-19)18(11-21)24-23-17-6-4-5-14(2)15(17)3/h4-10,12,23H,1-3H3/b24-18-. The maximum atomic E-state index is 9.44. The Bertz CT molecular complexity index is 962. The van der Waals surface area contributed by atoms with Crippen molar-refractivity contribution in [3.63, 3.8) is 0 Å². The number of benzene rings is 2. The first-order valence-corrected chi connectivity index (χ1v) is 8.79. The molecule has 25 heavy (non-hydrogen) atoms. The van der Waals surface area contributed by atoms with Crippen LogP contribution in [0.15, 0.2) is 52.9 Å². The lowest BCUT2D eigenvalue weighted by molar-refractivity contribution is 1.26. The van der Waals surface area contributed by atoms with E-state index in [0.717, 1.165) is 22.5 Å². The molecule has 124 valence electrons. The number of hydrazone groups is 1. The van der Waals surface area contributed by atoms with Crippen LogP contribution in [-0.2, 0) is 0 Å². The molecule has 0 atom stereocenters. The van der Waals surface area contributed by atoms with E-state index < -0.39 is 0 Å². The molecule has 1 heterocycles. The van der Waals surface area contributed by atoms with Crippen LogP contribution >= 0.6 is 11.3 Å². The van der Waals surface area contributed by atoms with Crippen molar-refractivity contribution in [1.82, 2.24) is 4.98 Å². The van der Waals surface area contributed by atoms with Crippen molar-refractivity contribution >= 4 is 22.7 Å². The fourth-order valence-corrected chi connectivity index (χ4v) is 3.11. The summed E-state index contributed by atoms with van der Waals surface area (Å²) in [5.41, 5.74) is 9.55. The highest BCUT2D eigenvalue weighted by Crippen LogP contribution is 2.23. The van der Waals surface area contributed by atoms with Gasteiger partial charge < -0.3 is 0 Å². The first-order chi connectivity index (χ1) is 12.1. The third-order valence-corrected chi connectivity index (χ3v) is 4.90.